The van der Waals surface area contributed by atoms with Crippen LogP contribution in [0.5, 0.6) is 0 Å². The molecule has 0 aliphatic carbocycles. The van der Waals surface area contributed by atoms with Crippen LogP contribution in [0.4, 0.5) is 19.7 Å². The average molecular weight is 432 g/mol. The maximum Gasteiger partial charge on any atom is 0.417 e. The van der Waals surface area contributed by atoms with E-state index in [2.05, 4.69) is 27.9 Å². The number of carbonyl (C=O) groups excluding carboxylic acids is 1. The fourth-order valence-electron chi connectivity index (χ4n) is 3.11. The van der Waals surface area contributed by atoms with Crippen molar-refractivity contribution in [1.82, 2.24) is 24.1 Å². The number of hydrogen-bond acceptors (Lipinski definition) is 6. The van der Waals surface area contributed by atoms with E-state index in [1.807, 2.05) is 6.20 Å². The third-order valence-electron chi connectivity index (χ3n) is 4.51. The Kier molecular flexibility index (Phi) is 5.31. The Balaban J connectivity index is 1.48. The monoisotopic (exact) mass is 432 g/mol. The fourth-order valence-corrected chi connectivity index (χ4v) is 3.29. The van der Waals surface area contributed by atoms with Gasteiger partial charge in [-0.25, -0.2) is 19.0 Å². The first-order chi connectivity index (χ1) is 14.4. The second-order valence-electron chi connectivity index (χ2n) is 6.61. The van der Waals surface area contributed by atoms with Crippen molar-refractivity contribution in [2.75, 3.05) is 18.0 Å². The van der Waals surface area contributed by atoms with Crippen molar-refractivity contribution in [1.29, 1.82) is 0 Å². The highest BCUT2D eigenvalue weighted by atomic mass is 32.1. The largest absolute Gasteiger partial charge is 0.464 e. The van der Waals surface area contributed by atoms with Crippen molar-refractivity contribution < 1.29 is 23.8 Å². The van der Waals surface area contributed by atoms with Crippen molar-refractivity contribution in [2.45, 2.75) is 12.6 Å². The SMILES string of the molecule is O=C(O)N(S)CC1CN(c2ccc(-c3ncc(Cn4cccn4)[nH]3)c(F)c2)C(=O)O1. The van der Waals surface area contributed by atoms with Crippen molar-refractivity contribution in [3.8, 4) is 11.4 Å². The van der Waals surface area contributed by atoms with Gasteiger partial charge in [0.25, 0.3) is 0 Å². The molecule has 1 aliphatic heterocycles. The van der Waals surface area contributed by atoms with Gasteiger partial charge < -0.3 is 14.8 Å². The summed E-state index contributed by atoms with van der Waals surface area (Å²) in [7, 11) is 0. The lowest BCUT2D eigenvalue weighted by atomic mass is 10.1. The quantitative estimate of drug-likeness (QED) is 0.516. The first-order valence-corrected chi connectivity index (χ1v) is 9.29. The number of rotatable bonds is 6. The zero-order chi connectivity index (χ0) is 21.3. The van der Waals surface area contributed by atoms with E-state index in [0.717, 1.165) is 10.00 Å². The Morgan fingerprint density at radius 2 is 2.30 bits per heavy atom. The van der Waals surface area contributed by atoms with E-state index in [-0.39, 0.29) is 18.7 Å². The summed E-state index contributed by atoms with van der Waals surface area (Å²) in [5, 5.41) is 13.0. The minimum atomic E-state index is -1.26. The fraction of sp³-hybridized carbons (Fsp3) is 0.222. The molecule has 0 spiro atoms. The van der Waals surface area contributed by atoms with Crippen LogP contribution in [0.15, 0.2) is 42.9 Å². The molecule has 1 atom stereocenters. The van der Waals surface area contributed by atoms with Gasteiger partial charge in [0.15, 0.2) is 0 Å². The molecule has 10 nitrogen and oxygen atoms in total. The zero-order valence-electron chi connectivity index (χ0n) is 15.5. The van der Waals surface area contributed by atoms with Crippen LogP contribution in [0.2, 0.25) is 0 Å². The van der Waals surface area contributed by atoms with Crippen LogP contribution in [-0.4, -0.2) is 60.5 Å². The lowest BCUT2D eigenvalue weighted by molar-refractivity contribution is 0.122. The number of H-pyrrole nitrogens is 1. The normalized spacial score (nSPS) is 16.0. The Morgan fingerprint density at radius 1 is 1.47 bits per heavy atom. The molecule has 2 aromatic heterocycles. The molecule has 30 heavy (non-hydrogen) atoms. The molecular formula is C18H17FN6O4S. The van der Waals surface area contributed by atoms with Crippen molar-refractivity contribution in [3.63, 3.8) is 0 Å². The van der Waals surface area contributed by atoms with Gasteiger partial charge in [-0.2, -0.15) is 5.10 Å². The number of cyclic esters (lactones) is 1. The van der Waals surface area contributed by atoms with E-state index in [0.29, 0.717) is 18.1 Å². The smallest absolute Gasteiger partial charge is 0.417 e. The van der Waals surface area contributed by atoms with Gasteiger partial charge in [0, 0.05) is 12.4 Å². The van der Waals surface area contributed by atoms with Crippen LogP contribution in [0.25, 0.3) is 11.4 Å². The van der Waals surface area contributed by atoms with E-state index >= 15 is 0 Å². The third-order valence-corrected chi connectivity index (χ3v) is 4.85. The maximum atomic E-state index is 14.8. The molecule has 1 saturated heterocycles. The number of carbonyl (C=O) groups is 2. The van der Waals surface area contributed by atoms with Gasteiger partial charge in [0.1, 0.15) is 17.7 Å². The molecule has 3 aromatic rings. The molecule has 3 heterocycles. The number of thiol groups is 1. The number of benzene rings is 1. The first kappa shape index (κ1) is 19.8. The van der Waals surface area contributed by atoms with Crippen LogP contribution < -0.4 is 4.90 Å². The van der Waals surface area contributed by atoms with Gasteiger partial charge >= 0.3 is 12.2 Å². The van der Waals surface area contributed by atoms with Crippen LogP contribution in [-0.2, 0) is 11.3 Å². The van der Waals surface area contributed by atoms with Crippen LogP contribution in [0.1, 0.15) is 5.69 Å². The van der Waals surface area contributed by atoms with Crippen LogP contribution >= 0.6 is 12.8 Å². The Bertz CT molecular complexity index is 1070. The lowest BCUT2D eigenvalue weighted by Gasteiger charge is -2.16. The zero-order valence-corrected chi connectivity index (χ0v) is 16.4. The molecule has 2 N–H and O–H groups in total. The number of nitrogens with one attached hydrogen (secondary N) is 1. The van der Waals surface area contributed by atoms with Crippen LogP contribution in [0, 0.1) is 5.82 Å². The van der Waals surface area contributed by atoms with E-state index < -0.39 is 24.1 Å². The first-order valence-electron chi connectivity index (χ1n) is 8.89. The topological polar surface area (TPSA) is 117 Å². The molecule has 1 aromatic carbocycles. The summed E-state index contributed by atoms with van der Waals surface area (Å²) in [6.45, 7) is 0.447. The molecule has 0 radical (unpaired) electrons. The van der Waals surface area contributed by atoms with Gasteiger partial charge in [0.05, 0.1) is 42.8 Å². The van der Waals surface area contributed by atoms with E-state index in [4.69, 9.17) is 9.84 Å². The molecule has 12 heteroatoms. The lowest BCUT2D eigenvalue weighted by Crippen LogP contribution is -2.32. The van der Waals surface area contributed by atoms with E-state index in [1.165, 1.54) is 17.0 Å². The van der Waals surface area contributed by atoms with Crippen LogP contribution in [0.3, 0.4) is 0 Å². The molecule has 1 fully saturated rings. The minimum absolute atomic E-state index is 0.0801. The highest BCUT2D eigenvalue weighted by Crippen LogP contribution is 2.28. The third kappa shape index (κ3) is 4.08. The van der Waals surface area contributed by atoms with Gasteiger partial charge in [-0.15, -0.1) is 0 Å². The number of halogens is 1. The Morgan fingerprint density at radius 3 is 3.00 bits per heavy atom. The Labute approximate surface area is 175 Å². The van der Waals surface area contributed by atoms with Crippen molar-refractivity contribution in [3.05, 3.63) is 54.4 Å². The predicted octanol–water partition coefficient (Wildman–Crippen LogP) is 2.61. The summed E-state index contributed by atoms with van der Waals surface area (Å²) < 4.78 is 22.3. The molecule has 1 aliphatic rings. The number of amides is 2. The summed E-state index contributed by atoms with van der Waals surface area (Å²) in [5.74, 6) is -0.208. The number of imidazole rings is 1. The number of hydrogen-bond donors (Lipinski definition) is 3. The molecule has 0 bridgehead atoms. The highest BCUT2D eigenvalue weighted by molar-refractivity contribution is 7.78. The molecule has 1 unspecified atom stereocenters. The minimum Gasteiger partial charge on any atom is -0.464 e. The summed E-state index contributed by atoms with van der Waals surface area (Å²) in [6.07, 6.45) is 2.44. The summed E-state index contributed by atoms with van der Waals surface area (Å²) in [4.78, 5) is 31.5. The second-order valence-corrected chi connectivity index (χ2v) is 7.09. The molecule has 0 saturated carbocycles. The van der Waals surface area contributed by atoms with Gasteiger partial charge in [-0.05, 0) is 24.3 Å². The Hall–Kier alpha value is -3.54. The van der Waals surface area contributed by atoms with Crippen molar-refractivity contribution >= 4 is 30.7 Å². The average Bonchev–Trinajstić information content (AvgIpc) is 3.44. The van der Waals surface area contributed by atoms with E-state index in [9.17, 15) is 14.0 Å². The summed E-state index contributed by atoms with van der Waals surface area (Å²) >= 11 is 3.79. The predicted molar refractivity (Wildman–Crippen MR) is 107 cm³/mol. The van der Waals surface area contributed by atoms with Gasteiger partial charge in [0.2, 0.25) is 0 Å². The summed E-state index contributed by atoms with van der Waals surface area (Å²) in [5.41, 5.74) is 1.31. The maximum absolute atomic E-state index is 14.8. The van der Waals surface area contributed by atoms with Gasteiger partial charge in [-0.3, -0.25) is 13.9 Å². The number of aromatic amines is 1. The number of anilines is 1. The van der Waals surface area contributed by atoms with E-state index in [1.54, 1.807) is 29.2 Å². The number of nitrogens with zero attached hydrogens (tertiary/aromatic N) is 5. The molecule has 2 amide bonds. The summed E-state index contributed by atoms with van der Waals surface area (Å²) in [6, 6.07) is 6.11. The number of ether oxygens (including phenoxy) is 1. The van der Waals surface area contributed by atoms with Gasteiger partial charge in [-0.1, -0.05) is 12.8 Å². The highest BCUT2D eigenvalue weighted by Gasteiger charge is 2.34. The number of aromatic nitrogens is 4. The molecule has 4 rings (SSSR count). The number of carboxylic acid groups (broad SMARTS) is 1. The van der Waals surface area contributed by atoms with Crippen molar-refractivity contribution in [2.24, 2.45) is 0 Å². The standard InChI is InChI=1S/C18H17FN6O4S/c19-15-6-12(24-9-13(29-18(24)28)10-25(30)17(26)27)2-3-14(15)16-20-7-11(22-16)8-23-5-1-4-21-23/h1-7,13,30H,8-10H2,(H,20,22)(H,26,27). The molecular weight excluding hydrogens is 415 g/mol. The molecule has 156 valence electrons. The second kappa shape index (κ2) is 8.06.